The molecule has 0 aliphatic heterocycles. The number of aryl methyl sites for hydroxylation is 2. The van der Waals surface area contributed by atoms with Gasteiger partial charge in [-0.2, -0.15) is 0 Å². The van der Waals surface area contributed by atoms with Crippen LogP contribution in [0.5, 0.6) is 5.75 Å². The van der Waals surface area contributed by atoms with Crippen LogP contribution in [0.3, 0.4) is 0 Å². The summed E-state index contributed by atoms with van der Waals surface area (Å²) in [7, 11) is 0. The maximum absolute atomic E-state index is 12.3. The van der Waals surface area contributed by atoms with Gasteiger partial charge in [-0.15, -0.1) is 0 Å². The van der Waals surface area contributed by atoms with Crippen LogP contribution in [-0.4, -0.2) is 11.0 Å². The van der Waals surface area contributed by atoms with Crippen LogP contribution < -0.4 is 5.32 Å². The van der Waals surface area contributed by atoms with Crippen LogP contribution in [0, 0.1) is 13.8 Å². The van der Waals surface area contributed by atoms with E-state index in [-0.39, 0.29) is 17.1 Å². The lowest BCUT2D eigenvalue weighted by Gasteiger charge is -2.20. The number of phenols is 1. The molecule has 2 rings (SSSR count). The Hall–Kier alpha value is -2.23. The molecule has 2 N–H and O–H groups in total. The first kappa shape index (κ1) is 15.2. The van der Waals surface area contributed by atoms with Crippen LogP contribution >= 0.6 is 0 Å². The summed E-state index contributed by atoms with van der Waals surface area (Å²) in [5.41, 5.74) is 1.87. The van der Waals surface area contributed by atoms with Crippen LogP contribution in [0.4, 0.5) is 5.69 Å². The van der Waals surface area contributed by atoms with E-state index in [4.69, 9.17) is 4.42 Å². The Bertz CT molecular complexity index is 678. The lowest BCUT2D eigenvalue weighted by Crippen LogP contribution is -2.15. The third-order valence-corrected chi connectivity index (χ3v) is 3.40. The SMILES string of the molecule is Cc1cc(C(=O)Nc2cc(C(C)(C)C)ccc2O)c(C)o1. The largest absolute Gasteiger partial charge is 0.506 e. The number of anilines is 1. The molecule has 2 aromatic rings. The van der Waals surface area contributed by atoms with Gasteiger partial charge in [0, 0.05) is 0 Å². The minimum Gasteiger partial charge on any atom is -0.506 e. The second-order valence-corrected chi connectivity index (χ2v) is 6.26. The van der Waals surface area contributed by atoms with Crippen molar-refractivity contribution in [2.24, 2.45) is 0 Å². The smallest absolute Gasteiger partial charge is 0.259 e. The Kier molecular flexibility index (Phi) is 3.81. The molecule has 0 aliphatic carbocycles. The van der Waals surface area contributed by atoms with Crippen molar-refractivity contribution in [3.63, 3.8) is 0 Å². The second kappa shape index (κ2) is 5.28. The first-order valence-corrected chi connectivity index (χ1v) is 6.90. The van der Waals surface area contributed by atoms with E-state index in [1.807, 2.05) is 6.07 Å². The summed E-state index contributed by atoms with van der Waals surface area (Å²) < 4.78 is 5.36. The van der Waals surface area contributed by atoms with Crippen LogP contribution in [0.2, 0.25) is 0 Å². The second-order valence-electron chi connectivity index (χ2n) is 6.26. The van der Waals surface area contributed by atoms with E-state index in [1.165, 1.54) is 0 Å². The molecule has 4 heteroatoms. The lowest BCUT2D eigenvalue weighted by molar-refractivity contribution is 0.102. The van der Waals surface area contributed by atoms with Crippen molar-refractivity contribution < 1.29 is 14.3 Å². The van der Waals surface area contributed by atoms with Crippen molar-refractivity contribution in [3.05, 3.63) is 46.9 Å². The minimum atomic E-state index is -0.286. The normalized spacial score (nSPS) is 11.5. The molecular weight excluding hydrogens is 266 g/mol. The summed E-state index contributed by atoms with van der Waals surface area (Å²) in [6.07, 6.45) is 0. The fraction of sp³-hybridized carbons (Fsp3) is 0.353. The molecule has 0 fully saturated rings. The molecule has 0 bridgehead atoms. The molecule has 0 unspecified atom stereocenters. The van der Waals surface area contributed by atoms with Crippen LogP contribution in [0.1, 0.15) is 48.2 Å². The maximum Gasteiger partial charge on any atom is 0.259 e. The fourth-order valence-electron chi connectivity index (χ4n) is 2.15. The van der Waals surface area contributed by atoms with E-state index in [1.54, 1.807) is 32.0 Å². The highest BCUT2D eigenvalue weighted by Gasteiger charge is 2.18. The van der Waals surface area contributed by atoms with E-state index in [9.17, 15) is 9.90 Å². The minimum absolute atomic E-state index is 0.0502. The van der Waals surface area contributed by atoms with Crippen molar-refractivity contribution in [2.75, 3.05) is 5.32 Å². The van der Waals surface area contributed by atoms with Crippen molar-refractivity contribution in [3.8, 4) is 5.75 Å². The molecule has 21 heavy (non-hydrogen) atoms. The summed E-state index contributed by atoms with van der Waals surface area (Å²) >= 11 is 0. The Balaban J connectivity index is 2.31. The van der Waals surface area contributed by atoms with Crippen LogP contribution in [-0.2, 0) is 5.41 Å². The predicted molar refractivity (Wildman–Crippen MR) is 82.9 cm³/mol. The third-order valence-electron chi connectivity index (χ3n) is 3.40. The molecule has 1 amide bonds. The quantitative estimate of drug-likeness (QED) is 0.815. The van der Waals surface area contributed by atoms with Gasteiger partial charge in [-0.3, -0.25) is 4.79 Å². The highest BCUT2D eigenvalue weighted by Crippen LogP contribution is 2.31. The van der Waals surface area contributed by atoms with E-state index in [0.717, 1.165) is 5.56 Å². The van der Waals surface area contributed by atoms with Crippen molar-refractivity contribution in [2.45, 2.75) is 40.0 Å². The first-order valence-electron chi connectivity index (χ1n) is 6.90. The number of carbonyl (C=O) groups excluding carboxylic acids is 1. The zero-order valence-electron chi connectivity index (χ0n) is 13.1. The summed E-state index contributed by atoms with van der Waals surface area (Å²) in [5.74, 6) is 1.02. The molecule has 0 saturated heterocycles. The molecule has 0 atom stereocenters. The van der Waals surface area contributed by atoms with Gasteiger partial charge in [-0.1, -0.05) is 26.8 Å². The number of phenolic OH excluding ortho intramolecular Hbond substituents is 1. The summed E-state index contributed by atoms with van der Waals surface area (Å²) in [6, 6.07) is 6.95. The average Bonchev–Trinajstić information content (AvgIpc) is 2.70. The molecule has 112 valence electrons. The van der Waals surface area contributed by atoms with E-state index >= 15 is 0 Å². The molecule has 1 aromatic heterocycles. The lowest BCUT2D eigenvalue weighted by atomic mass is 9.87. The number of hydrogen-bond acceptors (Lipinski definition) is 3. The Morgan fingerprint density at radius 2 is 1.86 bits per heavy atom. The average molecular weight is 287 g/mol. The van der Waals surface area contributed by atoms with Gasteiger partial charge >= 0.3 is 0 Å². The molecule has 1 aromatic carbocycles. The Morgan fingerprint density at radius 3 is 2.38 bits per heavy atom. The number of rotatable bonds is 2. The summed E-state index contributed by atoms with van der Waals surface area (Å²) in [6.45, 7) is 9.77. The third kappa shape index (κ3) is 3.27. The van der Waals surface area contributed by atoms with Crippen molar-refractivity contribution in [1.29, 1.82) is 0 Å². The standard InChI is InChI=1S/C17H21NO3/c1-10-8-13(11(2)21-10)16(20)18-14-9-12(17(3,4)5)6-7-15(14)19/h6-9,19H,1-5H3,(H,18,20). The monoisotopic (exact) mass is 287 g/mol. The van der Waals surface area contributed by atoms with Gasteiger partial charge in [0.15, 0.2) is 0 Å². The molecule has 0 spiro atoms. The highest BCUT2D eigenvalue weighted by molar-refractivity contribution is 6.05. The maximum atomic E-state index is 12.3. The van der Waals surface area contributed by atoms with Crippen LogP contribution in [0.15, 0.2) is 28.7 Å². The molecule has 1 heterocycles. The first-order chi connectivity index (χ1) is 9.68. The molecule has 4 nitrogen and oxygen atoms in total. The summed E-state index contributed by atoms with van der Waals surface area (Å²) in [4.78, 5) is 12.3. The van der Waals surface area contributed by atoms with E-state index in [2.05, 4.69) is 26.1 Å². The van der Waals surface area contributed by atoms with Gasteiger partial charge in [0.25, 0.3) is 5.91 Å². The van der Waals surface area contributed by atoms with Gasteiger partial charge in [0.2, 0.25) is 0 Å². The zero-order valence-corrected chi connectivity index (χ0v) is 13.1. The fourth-order valence-corrected chi connectivity index (χ4v) is 2.15. The number of benzene rings is 1. The number of hydrogen-bond donors (Lipinski definition) is 2. The molecule has 0 aliphatic rings. The molecular formula is C17H21NO3. The number of carbonyl (C=O) groups is 1. The van der Waals surface area contributed by atoms with Crippen LogP contribution in [0.25, 0.3) is 0 Å². The number of amides is 1. The summed E-state index contributed by atoms with van der Waals surface area (Å²) in [5, 5.41) is 12.7. The Labute approximate surface area is 124 Å². The number of furan rings is 1. The van der Waals surface area contributed by atoms with E-state index in [0.29, 0.717) is 22.8 Å². The van der Waals surface area contributed by atoms with Gasteiger partial charge in [0.1, 0.15) is 17.3 Å². The van der Waals surface area contributed by atoms with Gasteiger partial charge in [-0.25, -0.2) is 0 Å². The zero-order chi connectivity index (χ0) is 15.8. The Morgan fingerprint density at radius 1 is 1.19 bits per heavy atom. The van der Waals surface area contributed by atoms with Gasteiger partial charge < -0.3 is 14.8 Å². The molecule has 0 radical (unpaired) electrons. The predicted octanol–water partition coefficient (Wildman–Crippen LogP) is 4.15. The van der Waals surface area contributed by atoms with Gasteiger partial charge in [0.05, 0.1) is 11.3 Å². The number of aromatic hydroxyl groups is 1. The van der Waals surface area contributed by atoms with Crippen molar-refractivity contribution >= 4 is 11.6 Å². The number of nitrogens with one attached hydrogen (secondary N) is 1. The topological polar surface area (TPSA) is 62.5 Å². The highest BCUT2D eigenvalue weighted by atomic mass is 16.3. The van der Waals surface area contributed by atoms with E-state index < -0.39 is 0 Å². The molecule has 0 saturated carbocycles. The van der Waals surface area contributed by atoms with Crippen molar-refractivity contribution in [1.82, 2.24) is 0 Å². The van der Waals surface area contributed by atoms with Gasteiger partial charge in [-0.05, 0) is 43.0 Å².